The summed E-state index contributed by atoms with van der Waals surface area (Å²) in [5.74, 6) is -3.72. The Bertz CT molecular complexity index is 175. The molecule has 50 valence electrons. The van der Waals surface area contributed by atoms with Crippen molar-refractivity contribution in [3.63, 3.8) is 0 Å². The molecule has 0 rings (SSSR count). The van der Waals surface area contributed by atoms with Crippen molar-refractivity contribution in [1.29, 1.82) is 0 Å². The van der Waals surface area contributed by atoms with Gasteiger partial charge in [0.25, 0.3) is 12.0 Å². The van der Waals surface area contributed by atoms with Crippen molar-refractivity contribution in [2.75, 3.05) is 0 Å². The van der Waals surface area contributed by atoms with E-state index in [9.17, 15) is 19.3 Å². The van der Waals surface area contributed by atoms with Gasteiger partial charge >= 0.3 is 5.97 Å². The molecule has 6 heteroatoms. The number of hydrogen-bond acceptors (Lipinski definition) is 3. The summed E-state index contributed by atoms with van der Waals surface area (Å²) in [6.45, 7) is 0. The van der Waals surface area contributed by atoms with Gasteiger partial charge in [-0.05, 0) is 0 Å². The molecule has 9 heavy (non-hydrogen) atoms. The maximum absolute atomic E-state index is 11.6. The van der Waals surface area contributed by atoms with Crippen LogP contribution in [0.1, 0.15) is 0 Å². The minimum Gasteiger partial charge on any atom is -0.476 e. The molecule has 0 aliphatic rings. The maximum atomic E-state index is 11.6. The van der Waals surface area contributed by atoms with Gasteiger partial charge in [0, 0.05) is 0 Å². The highest BCUT2D eigenvalue weighted by atomic mass is 19.1. The van der Waals surface area contributed by atoms with Gasteiger partial charge in [0.1, 0.15) is 0 Å². The van der Waals surface area contributed by atoms with E-state index in [4.69, 9.17) is 5.11 Å². The molecule has 0 aromatic rings. The quantitative estimate of drug-likeness (QED) is 0.332. The molecule has 5 nitrogen and oxygen atoms in total. The zero-order valence-corrected chi connectivity index (χ0v) is 4.07. The fourth-order valence-corrected chi connectivity index (χ4v) is 0.148. The molecule has 0 spiro atoms. The fourth-order valence-electron chi connectivity index (χ4n) is 0.148. The Morgan fingerprint density at radius 1 is 1.78 bits per heavy atom. The smallest absolute Gasteiger partial charge is 0.371 e. The molecular formula is C3H2FNO4. The van der Waals surface area contributed by atoms with Crippen LogP contribution in [0, 0.1) is 10.1 Å². The molecule has 0 radical (unpaired) electrons. The summed E-state index contributed by atoms with van der Waals surface area (Å²) in [5, 5.41) is 17.0. The summed E-state index contributed by atoms with van der Waals surface area (Å²) < 4.78 is 11.6. The van der Waals surface area contributed by atoms with Gasteiger partial charge in [-0.15, -0.1) is 0 Å². The molecule has 0 fully saturated rings. The van der Waals surface area contributed by atoms with Crippen molar-refractivity contribution in [2.24, 2.45) is 0 Å². The number of rotatable bonds is 2. The fraction of sp³-hybridized carbons (Fsp3) is 0. The lowest BCUT2D eigenvalue weighted by Gasteiger charge is -1.80. The standard InChI is InChI=1S/C3H2FNO4/c4-2(3(6)7)1-5(8)9/h1H,(H,6,7). The summed E-state index contributed by atoms with van der Waals surface area (Å²) in [7, 11) is 0. The van der Waals surface area contributed by atoms with Crippen molar-refractivity contribution in [3.8, 4) is 0 Å². The van der Waals surface area contributed by atoms with Gasteiger partial charge in [0.15, 0.2) is 0 Å². The molecule has 0 amide bonds. The number of carboxylic acid groups (broad SMARTS) is 1. The number of nitrogens with zero attached hydrogens (tertiary/aromatic N) is 1. The Morgan fingerprint density at radius 3 is 2.33 bits per heavy atom. The van der Waals surface area contributed by atoms with E-state index in [2.05, 4.69) is 0 Å². The van der Waals surface area contributed by atoms with E-state index >= 15 is 0 Å². The van der Waals surface area contributed by atoms with E-state index in [1.165, 1.54) is 0 Å². The van der Waals surface area contributed by atoms with Crippen LogP contribution in [0.2, 0.25) is 0 Å². The van der Waals surface area contributed by atoms with E-state index in [1.54, 1.807) is 0 Å². The predicted octanol–water partition coefficient (Wildman–Crippen LogP) is 0.159. The number of aliphatic carboxylic acids is 1. The van der Waals surface area contributed by atoms with Gasteiger partial charge in [0.05, 0.1) is 4.92 Å². The molecule has 0 unspecified atom stereocenters. The van der Waals surface area contributed by atoms with Crippen LogP contribution in [0.3, 0.4) is 0 Å². The van der Waals surface area contributed by atoms with Gasteiger partial charge < -0.3 is 5.11 Å². The number of nitro groups is 1. The van der Waals surface area contributed by atoms with Gasteiger partial charge in [-0.1, -0.05) is 0 Å². The van der Waals surface area contributed by atoms with Crippen molar-refractivity contribution in [1.82, 2.24) is 0 Å². The first kappa shape index (κ1) is 7.54. The van der Waals surface area contributed by atoms with Crippen molar-refractivity contribution in [3.05, 3.63) is 22.1 Å². The lowest BCUT2D eigenvalue weighted by molar-refractivity contribution is -0.404. The summed E-state index contributed by atoms with van der Waals surface area (Å²) in [6, 6.07) is 0. The summed E-state index contributed by atoms with van der Waals surface area (Å²) in [5.41, 5.74) is 0. The zero-order chi connectivity index (χ0) is 7.44. The van der Waals surface area contributed by atoms with Crippen LogP contribution in [0.15, 0.2) is 12.0 Å². The van der Waals surface area contributed by atoms with Crippen LogP contribution in [0.5, 0.6) is 0 Å². The molecular weight excluding hydrogens is 133 g/mol. The Balaban J connectivity index is 4.17. The predicted molar refractivity (Wildman–Crippen MR) is 23.8 cm³/mol. The average molecular weight is 135 g/mol. The topological polar surface area (TPSA) is 80.4 Å². The van der Waals surface area contributed by atoms with Crippen LogP contribution >= 0.6 is 0 Å². The van der Waals surface area contributed by atoms with Crippen LogP contribution in [-0.4, -0.2) is 16.0 Å². The highest BCUT2D eigenvalue weighted by Gasteiger charge is 2.09. The van der Waals surface area contributed by atoms with Crippen molar-refractivity contribution >= 4 is 5.97 Å². The minimum atomic E-state index is -1.94. The Kier molecular flexibility index (Phi) is 2.31. The van der Waals surface area contributed by atoms with Crippen LogP contribution in [0.25, 0.3) is 0 Å². The lowest BCUT2D eigenvalue weighted by Crippen LogP contribution is -1.97. The molecule has 0 saturated carbocycles. The second-order valence-corrected chi connectivity index (χ2v) is 1.07. The first-order chi connectivity index (χ1) is 4.04. The Hall–Kier alpha value is -1.46. The first-order valence-corrected chi connectivity index (χ1v) is 1.78. The van der Waals surface area contributed by atoms with E-state index in [0.29, 0.717) is 0 Å². The monoisotopic (exact) mass is 135 g/mol. The maximum Gasteiger partial charge on any atom is 0.371 e. The van der Waals surface area contributed by atoms with E-state index in [0.717, 1.165) is 0 Å². The molecule has 0 aromatic carbocycles. The lowest BCUT2D eigenvalue weighted by atomic mass is 10.6. The largest absolute Gasteiger partial charge is 0.476 e. The third-order valence-corrected chi connectivity index (χ3v) is 0.423. The normalized spacial score (nSPS) is 11.0. The number of carbonyl (C=O) groups is 1. The highest BCUT2D eigenvalue weighted by molar-refractivity contribution is 5.83. The molecule has 0 aliphatic heterocycles. The summed E-state index contributed by atoms with van der Waals surface area (Å²) in [4.78, 5) is 17.6. The van der Waals surface area contributed by atoms with E-state index in [-0.39, 0.29) is 6.20 Å². The summed E-state index contributed by atoms with van der Waals surface area (Å²) >= 11 is 0. The third kappa shape index (κ3) is 3.15. The van der Waals surface area contributed by atoms with Gasteiger partial charge in [-0.25, -0.2) is 4.79 Å². The average Bonchev–Trinajstić information content (AvgIpc) is 1.63. The second-order valence-electron chi connectivity index (χ2n) is 1.07. The van der Waals surface area contributed by atoms with Crippen LogP contribution < -0.4 is 0 Å². The second kappa shape index (κ2) is 2.75. The van der Waals surface area contributed by atoms with Gasteiger partial charge in [0.2, 0.25) is 0 Å². The van der Waals surface area contributed by atoms with Crippen molar-refractivity contribution in [2.45, 2.75) is 0 Å². The molecule has 1 N–H and O–H groups in total. The molecule has 0 aromatic heterocycles. The molecule has 0 atom stereocenters. The molecule has 0 heterocycles. The van der Waals surface area contributed by atoms with Gasteiger partial charge in [-0.3, -0.25) is 10.1 Å². The zero-order valence-electron chi connectivity index (χ0n) is 4.07. The van der Waals surface area contributed by atoms with Crippen LogP contribution in [-0.2, 0) is 4.79 Å². The van der Waals surface area contributed by atoms with Gasteiger partial charge in [-0.2, -0.15) is 4.39 Å². The number of carboxylic acids is 1. The Morgan fingerprint density at radius 2 is 2.22 bits per heavy atom. The van der Waals surface area contributed by atoms with Crippen LogP contribution in [0.4, 0.5) is 4.39 Å². The minimum absolute atomic E-state index is 0.220. The van der Waals surface area contributed by atoms with E-state index in [1.807, 2.05) is 0 Å². The summed E-state index contributed by atoms with van der Waals surface area (Å²) in [6.07, 6.45) is -0.220. The number of hydrogen-bond donors (Lipinski definition) is 1. The van der Waals surface area contributed by atoms with Crippen molar-refractivity contribution < 1.29 is 19.2 Å². The SMILES string of the molecule is O=C(O)C(F)=C[N+](=O)[O-]. The molecule has 0 bridgehead atoms. The Labute approximate surface area is 48.6 Å². The molecule has 0 saturated heterocycles. The number of halogens is 1. The highest BCUT2D eigenvalue weighted by Crippen LogP contribution is 1.93. The third-order valence-electron chi connectivity index (χ3n) is 0.423. The van der Waals surface area contributed by atoms with E-state index < -0.39 is 16.7 Å². The first-order valence-electron chi connectivity index (χ1n) is 1.78. The molecule has 0 aliphatic carbocycles.